The van der Waals surface area contributed by atoms with Crippen LogP contribution in [0.5, 0.6) is 0 Å². The summed E-state index contributed by atoms with van der Waals surface area (Å²) in [7, 11) is 0. The predicted molar refractivity (Wildman–Crippen MR) is 130 cm³/mol. The zero-order valence-corrected chi connectivity index (χ0v) is 18.6. The van der Waals surface area contributed by atoms with Gasteiger partial charge in [0.15, 0.2) is 5.69 Å². The van der Waals surface area contributed by atoms with E-state index >= 15 is 0 Å². The molecule has 0 unspecified atom stereocenters. The number of H-pyrrole nitrogens is 1. The first-order chi connectivity index (χ1) is 16.6. The molecule has 0 bridgehead atoms. The van der Waals surface area contributed by atoms with E-state index in [4.69, 9.17) is 18.2 Å². The molecule has 0 aliphatic rings. The van der Waals surface area contributed by atoms with Gasteiger partial charge in [-0.25, -0.2) is 14.5 Å². The van der Waals surface area contributed by atoms with Crippen molar-refractivity contribution in [2.45, 2.75) is 13.1 Å². The number of imidazole rings is 1. The molecule has 1 amide bonds. The molecule has 0 radical (unpaired) electrons. The summed E-state index contributed by atoms with van der Waals surface area (Å²) in [6.07, 6.45) is 3.37. The van der Waals surface area contributed by atoms with Crippen LogP contribution in [0.1, 0.15) is 5.56 Å². The Kier molecular flexibility index (Phi) is 5.77. The zero-order chi connectivity index (χ0) is 23.5. The van der Waals surface area contributed by atoms with Gasteiger partial charge in [-0.15, -0.1) is 5.10 Å². The fraction of sp³-hybridized carbons (Fsp3) is 0.0800. The average molecular weight is 468 g/mol. The highest BCUT2D eigenvalue weighted by Gasteiger charge is 2.19. The zero-order valence-electron chi connectivity index (χ0n) is 17.9. The van der Waals surface area contributed by atoms with Crippen LogP contribution in [0, 0.1) is 6.57 Å². The summed E-state index contributed by atoms with van der Waals surface area (Å²) < 4.78 is 1.52. The van der Waals surface area contributed by atoms with E-state index in [-0.39, 0.29) is 12.5 Å². The van der Waals surface area contributed by atoms with E-state index in [1.165, 1.54) is 4.68 Å². The number of nitrogens with one attached hydrogen (secondary N) is 1. The largest absolute Gasteiger partial charge is 0.345 e. The summed E-state index contributed by atoms with van der Waals surface area (Å²) >= 11 is 6.18. The molecular formula is C25H18ClN7O. The number of hydrogen-bond acceptors (Lipinski definition) is 4. The summed E-state index contributed by atoms with van der Waals surface area (Å²) in [6.45, 7) is 7.57. The van der Waals surface area contributed by atoms with Gasteiger partial charge in [0, 0.05) is 10.7 Å². The van der Waals surface area contributed by atoms with Crippen molar-refractivity contribution in [3.05, 3.63) is 101 Å². The van der Waals surface area contributed by atoms with Crippen LogP contribution in [0.4, 0.5) is 11.4 Å². The van der Waals surface area contributed by atoms with Crippen LogP contribution in [0.25, 0.3) is 27.1 Å². The molecule has 0 saturated carbocycles. The van der Waals surface area contributed by atoms with E-state index in [1.807, 2.05) is 42.5 Å². The molecule has 0 atom stereocenters. The normalized spacial score (nSPS) is 10.8. The van der Waals surface area contributed by atoms with Gasteiger partial charge in [0.2, 0.25) is 5.91 Å². The van der Waals surface area contributed by atoms with Gasteiger partial charge in [-0.1, -0.05) is 47.1 Å². The van der Waals surface area contributed by atoms with E-state index in [2.05, 4.69) is 25.1 Å². The van der Waals surface area contributed by atoms with Crippen LogP contribution in [-0.4, -0.2) is 30.9 Å². The third kappa shape index (κ3) is 4.37. The molecule has 9 heteroatoms. The van der Waals surface area contributed by atoms with Crippen molar-refractivity contribution in [1.29, 1.82) is 0 Å². The van der Waals surface area contributed by atoms with Gasteiger partial charge in [-0.05, 0) is 47.5 Å². The molecule has 3 aromatic carbocycles. The van der Waals surface area contributed by atoms with Crippen molar-refractivity contribution in [2.24, 2.45) is 0 Å². The van der Waals surface area contributed by atoms with Gasteiger partial charge in [-0.2, -0.15) is 0 Å². The first kappa shape index (κ1) is 21.4. The fourth-order valence-electron chi connectivity index (χ4n) is 3.73. The van der Waals surface area contributed by atoms with Gasteiger partial charge in [-0.3, -0.25) is 4.79 Å². The standard InChI is InChI=1S/C25H18ClN7O/c1-27-20-7-10-22-24(12-20)33(31-30-22)15-25(34)32(14-17-3-2-4-19(26)11-17)21-8-5-18(6-9-21)23-13-28-16-29-23/h2-13,16H,14-15H2,(H,28,29). The Morgan fingerprint density at radius 3 is 2.71 bits per heavy atom. The van der Waals surface area contributed by atoms with E-state index in [0.717, 1.165) is 22.5 Å². The molecule has 0 aliphatic carbocycles. The number of amides is 1. The molecule has 0 aliphatic heterocycles. The molecular weight excluding hydrogens is 450 g/mol. The Morgan fingerprint density at radius 2 is 1.97 bits per heavy atom. The monoisotopic (exact) mass is 467 g/mol. The number of carbonyl (C=O) groups is 1. The SMILES string of the molecule is [C-]#[N+]c1ccc2nnn(CC(=O)N(Cc3cccc(Cl)c3)c3ccc(-c4cnc[nH]4)cc3)c2c1. The summed E-state index contributed by atoms with van der Waals surface area (Å²) in [6, 6.07) is 20.2. The predicted octanol–water partition coefficient (Wildman–Crippen LogP) is 5.26. The lowest BCUT2D eigenvalue weighted by Gasteiger charge is -2.23. The van der Waals surface area contributed by atoms with Crippen molar-refractivity contribution >= 4 is 39.9 Å². The Bertz CT molecular complexity index is 1500. The second kappa shape index (κ2) is 9.17. The van der Waals surface area contributed by atoms with E-state index in [1.54, 1.807) is 41.7 Å². The molecule has 8 nitrogen and oxygen atoms in total. The van der Waals surface area contributed by atoms with Crippen LogP contribution in [0.3, 0.4) is 0 Å². The number of benzene rings is 3. The number of nitrogens with zero attached hydrogens (tertiary/aromatic N) is 6. The summed E-state index contributed by atoms with van der Waals surface area (Å²) in [5.41, 5.74) is 5.23. The topological polar surface area (TPSA) is 84.1 Å². The first-order valence-corrected chi connectivity index (χ1v) is 10.8. The lowest BCUT2D eigenvalue weighted by molar-refractivity contribution is -0.119. The van der Waals surface area contributed by atoms with Crippen LogP contribution in [0.2, 0.25) is 5.02 Å². The lowest BCUT2D eigenvalue weighted by atomic mass is 10.1. The molecule has 2 heterocycles. The Morgan fingerprint density at radius 1 is 1.12 bits per heavy atom. The lowest BCUT2D eigenvalue weighted by Crippen LogP contribution is -2.33. The van der Waals surface area contributed by atoms with Crippen molar-refractivity contribution < 1.29 is 4.79 Å². The van der Waals surface area contributed by atoms with Crippen LogP contribution < -0.4 is 4.90 Å². The fourth-order valence-corrected chi connectivity index (χ4v) is 3.94. The second-order valence-electron chi connectivity index (χ2n) is 7.65. The highest BCUT2D eigenvalue weighted by molar-refractivity contribution is 6.30. The number of halogens is 1. The van der Waals surface area contributed by atoms with Gasteiger partial charge in [0.05, 0.1) is 36.9 Å². The maximum absolute atomic E-state index is 13.5. The molecule has 166 valence electrons. The first-order valence-electron chi connectivity index (χ1n) is 10.4. The van der Waals surface area contributed by atoms with Crippen molar-refractivity contribution in [3.63, 3.8) is 0 Å². The van der Waals surface area contributed by atoms with Crippen LogP contribution in [-0.2, 0) is 17.9 Å². The molecule has 5 rings (SSSR count). The number of aromatic amines is 1. The van der Waals surface area contributed by atoms with E-state index in [9.17, 15) is 4.79 Å². The minimum absolute atomic E-state index is 0.0270. The Labute approximate surface area is 200 Å². The van der Waals surface area contributed by atoms with E-state index in [0.29, 0.717) is 28.3 Å². The third-order valence-corrected chi connectivity index (χ3v) is 5.67. The molecule has 2 aromatic heterocycles. The van der Waals surface area contributed by atoms with Crippen molar-refractivity contribution in [2.75, 3.05) is 4.90 Å². The van der Waals surface area contributed by atoms with E-state index < -0.39 is 0 Å². The summed E-state index contributed by atoms with van der Waals surface area (Å²) in [4.78, 5) is 25.8. The van der Waals surface area contributed by atoms with Crippen LogP contribution >= 0.6 is 11.6 Å². The smallest absolute Gasteiger partial charge is 0.249 e. The molecule has 0 saturated heterocycles. The van der Waals surface area contributed by atoms with Crippen LogP contribution in [0.15, 0.2) is 79.3 Å². The number of anilines is 1. The van der Waals surface area contributed by atoms with Gasteiger partial charge in [0.25, 0.3) is 0 Å². The second-order valence-corrected chi connectivity index (χ2v) is 8.09. The minimum Gasteiger partial charge on any atom is -0.345 e. The maximum Gasteiger partial charge on any atom is 0.249 e. The van der Waals surface area contributed by atoms with Gasteiger partial charge < -0.3 is 9.88 Å². The Hall–Kier alpha value is -4.48. The third-order valence-electron chi connectivity index (χ3n) is 5.43. The van der Waals surface area contributed by atoms with Gasteiger partial charge >= 0.3 is 0 Å². The average Bonchev–Trinajstić information content (AvgIpc) is 3.53. The Balaban J connectivity index is 1.47. The van der Waals surface area contributed by atoms with Crippen molar-refractivity contribution in [3.8, 4) is 11.3 Å². The number of aromatic nitrogens is 5. The highest BCUT2D eigenvalue weighted by atomic mass is 35.5. The number of fused-ring (bicyclic) bond motifs is 1. The number of carbonyl (C=O) groups excluding carboxylic acids is 1. The molecule has 5 aromatic rings. The molecule has 0 spiro atoms. The number of rotatable bonds is 6. The molecule has 34 heavy (non-hydrogen) atoms. The molecule has 0 fully saturated rings. The maximum atomic E-state index is 13.5. The molecule has 1 N–H and O–H groups in total. The van der Waals surface area contributed by atoms with Gasteiger partial charge in [0.1, 0.15) is 12.1 Å². The summed E-state index contributed by atoms with van der Waals surface area (Å²) in [5, 5.41) is 8.87. The summed E-state index contributed by atoms with van der Waals surface area (Å²) in [5.74, 6) is -0.172. The van der Waals surface area contributed by atoms with Crippen molar-refractivity contribution in [1.82, 2.24) is 25.0 Å². The highest BCUT2D eigenvalue weighted by Crippen LogP contribution is 2.25. The quantitative estimate of drug-likeness (QED) is 0.345. The number of hydrogen-bond donors (Lipinski definition) is 1. The minimum atomic E-state index is -0.172.